The molecule has 0 aromatic heterocycles. The summed E-state index contributed by atoms with van der Waals surface area (Å²) in [6, 6.07) is 25.6. The highest BCUT2D eigenvalue weighted by atomic mass is 35.5. The molecular weight excluding hydrogens is 424 g/mol. The van der Waals surface area contributed by atoms with E-state index in [1.165, 1.54) is 21.6 Å². The van der Waals surface area contributed by atoms with E-state index < -0.39 is 6.10 Å². The van der Waals surface area contributed by atoms with Gasteiger partial charge in [-0.25, -0.2) is 0 Å². The maximum Gasteiger partial charge on any atom is 0.0916 e. The number of nitrogens with zero attached hydrogens (tertiary/aromatic N) is 2. The largest absolute Gasteiger partial charge is 0.387 e. The van der Waals surface area contributed by atoms with Gasteiger partial charge < -0.3 is 5.11 Å². The van der Waals surface area contributed by atoms with E-state index in [-0.39, 0.29) is 0 Å². The molecule has 0 amide bonds. The highest BCUT2D eigenvalue weighted by Crippen LogP contribution is 2.42. The minimum absolute atomic E-state index is 0.297. The number of aliphatic hydroxyl groups is 1. The van der Waals surface area contributed by atoms with Crippen molar-refractivity contribution in [1.82, 2.24) is 9.80 Å². The first-order valence-corrected chi connectivity index (χ1v) is 12.2. The molecule has 0 spiro atoms. The van der Waals surface area contributed by atoms with E-state index in [2.05, 4.69) is 58.3 Å². The number of benzene rings is 3. The molecule has 1 N–H and O–H groups in total. The summed E-state index contributed by atoms with van der Waals surface area (Å²) < 4.78 is 0. The molecule has 2 atom stereocenters. The van der Waals surface area contributed by atoms with Crippen LogP contribution in [0.25, 0.3) is 0 Å². The van der Waals surface area contributed by atoms with Gasteiger partial charge in [0.1, 0.15) is 0 Å². The van der Waals surface area contributed by atoms with Crippen molar-refractivity contribution in [3.8, 4) is 0 Å². The molecule has 2 aliphatic heterocycles. The molecule has 3 aromatic rings. The smallest absolute Gasteiger partial charge is 0.0916 e. The summed E-state index contributed by atoms with van der Waals surface area (Å²) in [5, 5.41) is 11.4. The molecule has 2 aliphatic rings. The molecule has 3 aromatic carbocycles. The van der Waals surface area contributed by atoms with E-state index in [0.29, 0.717) is 17.6 Å². The van der Waals surface area contributed by atoms with Gasteiger partial charge in [0.15, 0.2) is 0 Å². The van der Waals surface area contributed by atoms with Crippen LogP contribution in [-0.4, -0.2) is 47.6 Å². The average Bonchev–Trinajstić information content (AvgIpc) is 2.97. The normalized spacial score (nSPS) is 20.5. The van der Waals surface area contributed by atoms with E-state index >= 15 is 0 Å². The molecule has 1 saturated heterocycles. The number of piperazine rings is 1. The van der Waals surface area contributed by atoms with Gasteiger partial charge in [-0.15, -0.1) is 11.8 Å². The maximum atomic E-state index is 10.7. The molecule has 5 rings (SSSR count). The molecule has 0 bridgehead atoms. The second-order valence-electron chi connectivity index (χ2n) is 8.33. The molecule has 5 heteroatoms. The van der Waals surface area contributed by atoms with Crippen LogP contribution >= 0.6 is 23.4 Å². The first-order valence-electron chi connectivity index (χ1n) is 10.9. The quantitative estimate of drug-likeness (QED) is 0.576. The zero-order valence-electron chi connectivity index (χ0n) is 17.5. The third kappa shape index (κ3) is 4.55. The van der Waals surface area contributed by atoms with E-state index in [1.807, 2.05) is 36.0 Å². The predicted octanol–water partition coefficient (Wildman–Crippen LogP) is 5.39. The number of rotatable bonds is 4. The number of fused-ring (bicyclic) bond motifs is 2. The van der Waals surface area contributed by atoms with Crippen LogP contribution in [0.4, 0.5) is 0 Å². The molecule has 3 nitrogen and oxygen atoms in total. The fraction of sp³-hybridized carbons (Fsp3) is 0.308. The summed E-state index contributed by atoms with van der Waals surface area (Å²) >= 11 is 7.93. The Balaban J connectivity index is 1.32. The lowest BCUT2D eigenvalue weighted by molar-refractivity contribution is 0.0619. The van der Waals surface area contributed by atoms with Crippen LogP contribution in [0, 0.1) is 0 Å². The molecular formula is C26H27ClN2OS. The van der Waals surface area contributed by atoms with Crippen molar-refractivity contribution < 1.29 is 5.11 Å². The summed E-state index contributed by atoms with van der Waals surface area (Å²) in [4.78, 5) is 6.39. The number of β-amino-alcohol motifs (C(OH)–C–C–N with tert-alkyl or cyclic N) is 1. The summed E-state index contributed by atoms with van der Waals surface area (Å²) in [6.07, 6.45) is -0.487. The molecule has 0 aliphatic carbocycles. The van der Waals surface area contributed by atoms with Gasteiger partial charge in [0.05, 0.1) is 12.1 Å². The Kier molecular flexibility index (Phi) is 6.35. The van der Waals surface area contributed by atoms with Crippen LogP contribution in [0.2, 0.25) is 5.02 Å². The zero-order valence-corrected chi connectivity index (χ0v) is 19.0. The minimum atomic E-state index is -0.487. The van der Waals surface area contributed by atoms with Gasteiger partial charge in [-0.3, -0.25) is 9.80 Å². The van der Waals surface area contributed by atoms with Gasteiger partial charge in [-0.1, -0.05) is 66.2 Å². The Labute approximate surface area is 193 Å². The van der Waals surface area contributed by atoms with Crippen molar-refractivity contribution in [1.29, 1.82) is 0 Å². The second kappa shape index (κ2) is 9.35. The molecule has 0 saturated carbocycles. The highest BCUT2D eigenvalue weighted by Gasteiger charge is 2.31. The van der Waals surface area contributed by atoms with Gasteiger partial charge in [-0.05, 0) is 40.5 Å². The van der Waals surface area contributed by atoms with Crippen molar-refractivity contribution in [2.45, 2.75) is 22.8 Å². The number of thioether (sulfide) groups is 1. The number of aliphatic hydroxyl groups excluding tert-OH is 1. The van der Waals surface area contributed by atoms with Crippen LogP contribution in [0.15, 0.2) is 77.7 Å². The van der Waals surface area contributed by atoms with Crippen LogP contribution in [0.5, 0.6) is 0 Å². The van der Waals surface area contributed by atoms with E-state index in [4.69, 9.17) is 11.6 Å². The third-order valence-electron chi connectivity index (χ3n) is 6.40. The summed E-state index contributed by atoms with van der Waals surface area (Å²) in [7, 11) is 0. The first kappa shape index (κ1) is 21.0. The van der Waals surface area contributed by atoms with Crippen LogP contribution in [0.3, 0.4) is 0 Å². The van der Waals surface area contributed by atoms with Crippen molar-refractivity contribution in [2.75, 3.05) is 32.7 Å². The van der Waals surface area contributed by atoms with Crippen molar-refractivity contribution in [3.05, 3.63) is 100 Å². The molecule has 0 radical (unpaired) electrons. The van der Waals surface area contributed by atoms with Gasteiger partial charge in [0.2, 0.25) is 0 Å². The lowest BCUT2D eigenvalue weighted by Gasteiger charge is -2.40. The average molecular weight is 451 g/mol. The van der Waals surface area contributed by atoms with Gasteiger partial charge in [-0.2, -0.15) is 0 Å². The topological polar surface area (TPSA) is 26.7 Å². The number of hydrogen-bond acceptors (Lipinski definition) is 4. The Bertz CT molecular complexity index is 986. The minimum Gasteiger partial charge on any atom is -0.387 e. The monoisotopic (exact) mass is 450 g/mol. The summed E-state index contributed by atoms with van der Waals surface area (Å²) in [5.74, 6) is 1.02. The molecule has 31 heavy (non-hydrogen) atoms. The molecule has 0 unspecified atom stereocenters. The highest BCUT2D eigenvalue weighted by molar-refractivity contribution is 7.98. The third-order valence-corrected chi connectivity index (χ3v) is 7.79. The van der Waals surface area contributed by atoms with Crippen molar-refractivity contribution in [3.63, 3.8) is 0 Å². The van der Waals surface area contributed by atoms with Crippen LogP contribution in [0.1, 0.15) is 34.4 Å². The van der Waals surface area contributed by atoms with Gasteiger partial charge in [0, 0.05) is 48.4 Å². The number of halogens is 1. The summed E-state index contributed by atoms with van der Waals surface area (Å²) in [6.45, 7) is 4.55. The van der Waals surface area contributed by atoms with Crippen LogP contribution in [-0.2, 0) is 5.75 Å². The Hall–Kier alpha value is -1.82. The standard InChI is InChI=1S/C26H27ClN2OS/c27-21-11-9-19(10-12-21)24(30)17-28-13-15-29(16-14-28)26-22-6-2-1-5-20(22)18-31-25-8-4-3-7-23(25)26/h1-12,24,26,30H,13-18H2/t24-,26-/m0/s1. The Morgan fingerprint density at radius 1 is 0.871 bits per heavy atom. The van der Waals surface area contributed by atoms with E-state index in [0.717, 1.165) is 37.5 Å². The summed E-state index contributed by atoms with van der Waals surface area (Å²) in [5.41, 5.74) is 5.23. The SMILES string of the molecule is O[C@@H](CN1CCN([C@H]2c3ccccc3CSc3ccccc32)CC1)c1ccc(Cl)cc1. The molecule has 1 fully saturated rings. The van der Waals surface area contributed by atoms with Crippen molar-refractivity contribution >= 4 is 23.4 Å². The fourth-order valence-electron chi connectivity index (χ4n) is 4.73. The maximum absolute atomic E-state index is 10.7. The number of hydrogen-bond donors (Lipinski definition) is 1. The molecule has 160 valence electrons. The lowest BCUT2D eigenvalue weighted by atomic mass is 9.93. The predicted molar refractivity (Wildman–Crippen MR) is 129 cm³/mol. The van der Waals surface area contributed by atoms with Crippen molar-refractivity contribution in [2.24, 2.45) is 0 Å². The molecule has 2 heterocycles. The van der Waals surface area contributed by atoms with Gasteiger partial charge in [0.25, 0.3) is 0 Å². The lowest BCUT2D eigenvalue weighted by Crippen LogP contribution is -2.48. The second-order valence-corrected chi connectivity index (χ2v) is 9.79. The first-order chi connectivity index (χ1) is 15.2. The fourth-order valence-corrected chi connectivity index (χ4v) is 5.95. The zero-order chi connectivity index (χ0) is 21.2. The Morgan fingerprint density at radius 3 is 2.32 bits per heavy atom. The Morgan fingerprint density at radius 2 is 1.55 bits per heavy atom. The van der Waals surface area contributed by atoms with Crippen LogP contribution < -0.4 is 0 Å². The van der Waals surface area contributed by atoms with Gasteiger partial charge >= 0.3 is 0 Å². The van der Waals surface area contributed by atoms with E-state index in [1.54, 1.807) is 0 Å². The van der Waals surface area contributed by atoms with E-state index in [9.17, 15) is 5.11 Å².